The number of rotatable bonds is 10. The quantitative estimate of drug-likeness (QED) is 0.506. The first-order valence-electron chi connectivity index (χ1n) is 6.59. The lowest BCUT2D eigenvalue weighted by molar-refractivity contribution is -0.119. The summed E-state index contributed by atoms with van der Waals surface area (Å²) in [7, 11) is 1.64. The van der Waals surface area contributed by atoms with Crippen molar-refractivity contribution in [3.8, 4) is 5.75 Å². The summed E-state index contributed by atoms with van der Waals surface area (Å²) in [5.41, 5.74) is 0.846. The third-order valence-corrected chi connectivity index (χ3v) is 2.50. The van der Waals surface area contributed by atoms with E-state index in [0.717, 1.165) is 17.9 Å². The number of carbonyl (C=O) groups is 1. The minimum atomic E-state index is -0.0430. The maximum atomic E-state index is 11.6. The summed E-state index contributed by atoms with van der Waals surface area (Å²) in [5, 5.41) is 5.86. The monoisotopic (exact) mass is 278 g/mol. The molecule has 0 spiro atoms. The largest absolute Gasteiger partial charge is 0.489 e. The number of amides is 1. The smallest absolute Gasteiger partial charge is 0.239 e. The molecule has 0 bridgehead atoms. The van der Waals surface area contributed by atoms with E-state index < -0.39 is 0 Å². The molecular weight excluding hydrogens is 256 g/mol. The number of hydrogen-bond donors (Lipinski definition) is 2. The Morgan fingerprint density at radius 1 is 1.45 bits per heavy atom. The molecule has 0 atom stereocenters. The summed E-state index contributed by atoms with van der Waals surface area (Å²) in [4.78, 5) is 11.6. The highest BCUT2D eigenvalue weighted by atomic mass is 16.5. The van der Waals surface area contributed by atoms with Crippen LogP contribution in [0.25, 0.3) is 0 Å². The Bertz CT molecular complexity index is 421. The molecule has 0 saturated heterocycles. The molecule has 1 rings (SSSR count). The molecule has 0 radical (unpaired) electrons. The highest BCUT2D eigenvalue weighted by Crippen LogP contribution is 2.16. The zero-order valence-electron chi connectivity index (χ0n) is 11.9. The number of carbonyl (C=O) groups excluding carboxylic acids is 1. The van der Waals surface area contributed by atoms with E-state index in [2.05, 4.69) is 17.2 Å². The van der Waals surface area contributed by atoms with Crippen molar-refractivity contribution in [3.63, 3.8) is 0 Å². The summed E-state index contributed by atoms with van der Waals surface area (Å²) in [5.74, 6) is 0.703. The van der Waals surface area contributed by atoms with E-state index in [4.69, 9.17) is 9.47 Å². The number of hydrogen-bond acceptors (Lipinski definition) is 4. The van der Waals surface area contributed by atoms with Gasteiger partial charge in [0.15, 0.2) is 0 Å². The van der Waals surface area contributed by atoms with Crippen LogP contribution in [0.2, 0.25) is 0 Å². The first-order valence-corrected chi connectivity index (χ1v) is 6.59. The highest BCUT2D eigenvalue weighted by molar-refractivity contribution is 5.80. The summed E-state index contributed by atoms with van der Waals surface area (Å²) in [6.45, 7) is 5.56. The van der Waals surface area contributed by atoms with Gasteiger partial charge in [-0.25, -0.2) is 0 Å². The zero-order chi connectivity index (χ0) is 14.6. The van der Waals surface area contributed by atoms with Gasteiger partial charge in [-0.2, -0.15) is 0 Å². The molecule has 0 saturated carbocycles. The molecule has 0 aliphatic heterocycles. The molecule has 1 aromatic rings. The number of anilines is 1. The van der Waals surface area contributed by atoms with E-state index >= 15 is 0 Å². The normalized spacial score (nSPS) is 9.85. The lowest BCUT2D eigenvalue weighted by Crippen LogP contribution is -2.31. The SMILES string of the molecule is C=CCOc1cccc(NCC(=O)NCCCOC)c1. The second-order valence-electron chi connectivity index (χ2n) is 4.18. The third-order valence-electron chi connectivity index (χ3n) is 2.50. The third kappa shape index (κ3) is 6.80. The van der Waals surface area contributed by atoms with Crippen molar-refractivity contribution in [3.05, 3.63) is 36.9 Å². The topological polar surface area (TPSA) is 59.6 Å². The highest BCUT2D eigenvalue weighted by Gasteiger charge is 2.01. The lowest BCUT2D eigenvalue weighted by Gasteiger charge is -2.09. The van der Waals surface area contributed by atoms with E-state index in [1.54, 1.807) is 13.2 Å². The van der Waals surface area contributed by atoms with Crippen molar-refractivity contribution < 1.29 is 14.3 Å². The molecule has 0 fully saturated rings. The van der Waals surface area contributed by atoms with Crippen LogP contribution in [-0.4, -0.2) is 39.3 Å². The predicted octanol–water partition coefficient (Wildman–Crippen LogP) is 1.82. The number of methoxy groups -OCH3 is 1. The van der Waals surface area contributed by atoms with Crippen molar-refractivity contribution in [2.24, 2.45) is 0 Å². The number of benzene rings is 1. The minimum Gasteiger partial charge on any atom is -0.489 e. The first kappa shape index (κ1) is 16.0. The van der Waals surface area contributed by atoms with Crippen LogP contribution in [0.5, 0.6) is 5.75 Å². The zero-order valence-corrected chi connectivity index (χ0v) is 11.9. The summed E-state index contributed by atoms with van der Waals surface area (Å²) in [6, 6.07) is 7.47. The van der Waals surface area contributed by atoms with Gasteiger partial charge in [-0.15, -0.1) is 0 Å². The lowest BCUT2D eigenvalue weighted by atomic mass is 10.3. The molecule has 5 nitrogen and oxygen atoms in total. The molecule has 0 unspecified atom stereocenters. The summed E-state index contributed by atoms with van der Waals surface area (Å²) < 4.78 is 10.3. The van der Waals surface area contributed by atoms with Gasteiger partial charge in [0.05, 0.1) is 6.54 Å². The van der Waals surface area contributed by atoms with Gasteiger partial charge in [0.1, 0.15) is 12.4 Å². The predicted molar refractivity (Wildman–Crippen MR) is 80.1 cm³/mol. The Kier molecular flexibility index (Phi) is 7.91. The van der Waals surface area contributed by atoms with Crippen molar-refractivity contribution in [2.45, 2.75) is 6.42 Å². The second kappa shape index (κ2) is 9.86. The van der Waals surface area contributed by atoms with E-state index in [0.29, 0.717) is 19.8 Å². The molecular formula is C15H22N2O3. The summed E-state index contributed by atoms with van der Waals surface area (Å²) >= 11 is 0. The molecule has 0 aliphatic carbocycles. The molecule has 110 valence electrons. The van der Waals surface area contributed by atoms with Gasteiger partial charge in [-0.3, -0.25) is 4.79 Å². The fourth-order valence-electron chi connectivity index (χ4n) is 1.54. The fourth-order valence-corrected chi connectivity index (χ4v) is 1.54. The van der Waals surface area contributed by atoms with E-state index in [1.165, 1.54) is 0 Å². The molecule has 5 heteroatoms. The maximum absolute atomic E-state index is 11.6. The van der Waals surface area contributed by atoms with Crippen LogP contribution in [-0.2, 0) is 9.53 Å². The maximum Gasteiger partial charge on any atom is 0.239 e. The van der Waals surface area contributed by atoms with Gasteiger partial charge in [0.2, 0.25) is 5.91 Å². The summed E-state index contributed by atoms with van der Waals surface area (Å²) in [6.07, 6.45) is 2.50. The van der Waals surface area contributed by atoms with Crippen LogP contribution in [0.15, 0.2) is 36.9 Å². The molecule has 0 heterocycles. The van der Waals surface area contributed by atoms with Crippen LogP contribution < -0.4 is 15.4 Å². The fraction of sp³-hybridized carbons (Fsp3) is 0.400. The second-order valence-corrected chi connectivity index (χ2v) is 4.18. The Hall–Kier alpha value is -2.01. The van der Waals surface area contributed by atoms with Crippen molar-refractivity contribution in [1.82, 2.24) is 5.32 Å². The Labute approximate surface area is 120 Å². The average Bonchev–Trinajstić information content (AvgIpc) is 2.48. The van der Waals surface area contributed by atoms with Gasteiger partial charge in [-0.1, -0.05) is 18.7 Å². The molecule has 2 N–H and O–H groups in total. The minimum absolute atomic E-state index is 0.0430. The Morgan fingerprint density at radius 3 is 3.05 bits per heavy atom. The standard InChI is InChI=1S/C15H22N2O3/c1-3-9-20-14-7-4-6-13(11-14)17-12-15(18)16-8-5-10-19-2/h3-4,6-7,11,17H,1,5,8-10,12H2,2H3,(H,16,18). The van der Waals surface area contributed by atoms with Crippen LogP contribution in [0.1, 0.15) is 6.42 Å². The van der Waals surface area contributed by atoms with Crippen LogP contribution >= 0.6 is 0 Å². The van der Waals surface area contributed by atoms with Crippen LogP contribution in [0, 0.1) is 0 Å². The Balaban J connectivity index is 2.29. The van der Waals surface area contributed by atoms with Gasteiger partial charge < -0.3 is 20.1 Å². The molecule has 1 aromatic carbocycles. The Morgan fingerprint density at radius 2 is 2.30 bits per heavy atom. The van der Waals surface area contributed by atoms with Gasteiger partial charge in [-0.05, 0) is 18.6 Å². The van der Waals surface area contributed by atoms with Crippen molar-refractivity contribution in [2.75, 3.05) is 38.7 Å². The molecule has 1 amide bonds. The molecule has 20 heavy (non-hydrogen) atoms. The van der Waals surface area contributed by atoms with E-state index in [9.17, 15) is 4.79 Å². The van der Waals surface area contributed by atoms with Gasteiger partial charge >= 0.3 is 0 Å². The number of nitrogens with one attached hydrogen (secondary N) is 2. The van der Waals surface area contributed by atoms with Crippen molar-refractivity contribution in [1.29, 1.82) is 0 Å². The molecule has 0 aromatic heterocycles. The van der Waals surface area contributed by atoms with Crippen molar-refractivity contribution >= 4 is 11.6 Å². The van der Waals surface area contributed by atoms with E-state index in [-0.39, 0.29) is 12.5 Å². The van der Waals surface area contributed by atoms with Gasteiger partial charge in [0.25, 0.3) is 0 Å². The molecule has 0 aliphatic rings. The van der Waals surface area contributed by atoms with Crippen LogP contribution in [0.3, 0.4) is 0 Å². The number of ether oxygens (including phenoxy) is 2. The first-order chi connectivity index (χ1) is 9.76. The van der Waals surface area contributed by atoms with Crippen LogP contribution in [0.4, 0.5) is 5.69 Å². The van der Waals surface area contributed by atoms with E-state index in [1.807, 2.05) is 24.3 Å². The average molecular weight is 278 g/mol. The van der Waals surface area contributed by atoms with Gasteiger partial charge in [0, 0.05) is 32.0 Å².